The van der Waals surface area contributed by atoms with E-state index in [4.69, 9.17) is 14.3 Å². The van der Waals surface area contributed by atoms with Gasteiger partial charge in [0.2, 0.25) is 11.8 Å². The van der Waals surface area contributed by atoms with E-state index in [1.54, 1.807) is 54.9 Å². The molecule has 1 aliphatic rings. The number of nitrogens with one attached hydrogen (secondary N) is 2. The summed E-state index contributed by atoms with van der Waals surface area (Å²) in [6.07, 6.45) is 3.27. The predicted molar refractivity (Wildman–Crippen MR) is 141 cm³/mol. The average molecular weight is 524 g/mol. The summed E-state index contributed by atoms with van der Waals surface area (Å²) in [5.41, 5.74) is 3.36. The minimum Gasteiger partial charge on any atom is -0.494 e. The number of aromatic hydroxyl groups is 1. The van der Waals surface area contributed by atoms with Crippen molar-refractivity contribution < 1.29 is 33.8 Å². The van der Waals surface area contributed by atoms with Crippen LogP contribution in [0.1, 0.15) is 51.6 Å². The number of nitrogens with zero attached hydrogens (tertiary/aromatic N) is 1. The van der Waals surface area contributed by atoms with Crippen LogP contribution >= 0.6 is 0 Å². The van der Waals surface area contributed by atoms with Gasteiger partial charge in [0.1, 0.15) is 0 Å². The molecular formula is C28H33N3O7. The van der Waals surface area contributed by atoms with Gasteiger partial charge in [0.05, 0.1) is 43.2 Å². The third-order valence-corrected chi connectivity index (χ3v) is 6.37. The zero-order valence-electron chi connectivity index (χ0n) is 21.9. The Morgan fingerprint density at radius 2 is 1.89 bits per heavy atom. The highest BCUT2D eigenvalue weighted by molar-refractivity contribution is 6.06. The van der Waals surface area contributed by atoms with Crippen LogP contribution in [0.15, 0.2) is 42.6 Å². The Morgan fingerprint density at radius 3 is 2.55 bits per heavy atom. The summed E-state index contributed by atoms with van der Waals surface area (Å²) in [6.45, 7) is 5.57. The highest BCUT2D eigenvalue weighted by Crippen LogP contribution is 2.41. The Hall–Kier alpha value is -4.21. The third kappa shape index (κ3) is 5.85. The van der Waals surface area contributed by atoms with Crippen LogP contribution in [0.5, 0.6) is 17.4 Å². The standard InChI is InChI=1S/C28H33N3O7/c1-5-37-23-13-18(11-12-22(23)36-4)21(14-24(32)30-38-28(35)16(2)3)31-15-19-7-6-8-20(25(19)27(31)34)29-26(33)17-9-10-17/h6-8,11-13,15-17,21,34H,5,9-10,14H2,1-4H3,(H,29,33)(H,30,32). The van der Waals surface area contributed by atoms with Crippen molar-refractivity contribution in [2.75, 3.05) is 19.0 Å². The number of fused-ring (bicyclic) bond motifs is 1. The molecule has 0 radical (unpaired) electrons. The number of benzene rings is 2. The average Bonchev–Trinajstić information content (AvgIpc) is 3.70. The monoisotopic (exact) mass is 523 g/mol. The Morgan fingerprint density at radius 1 is 1.13 bits per heavy atom. The van der Waals surface area contributed by atoms with Gasteiger partial charge in [-0.25, -0.2) is 4.79 Å². The minimum absolute atomic E-state index is 0.00392. The van der Waals surface area contributed by atoms with Crippen molar-refractivity contribution >= 4 is 34.2 Å². The summed E-state index contributed by atoms with van der Waals surface area (Å²) in [5, 5.41) is 15.5. The van der Waals surface area contributed by atoms with E-state index in [0.29, 0.717) is 40.1 Å². The van der Waals surface area contributed by atoms with Crippen LogP contribution < -0.4 is 20.3 Å². The second-order valence-corrected chi connectivity index (χ2v) is 9.56. The lowest BCUT2D eigenvalue weighted by atomic mass is 10.0. The number of rotatable bonds is 10. The number of hydrogen-bond donors (Lipinski definition) is 3. The first-order valence-electron chi connectivity index (χ1n) is 12.7. The molecule has 10 nitrogen and oxygen atoms in total. The zero-order chi connectivity index (χ0) is 27.4. The third-order valence-electron chi connectivity index (χ3n) is 6.37. The van der Waals surface area contributed by atoms with Crippen LogP contribution in [0.25, 0.3) is 10.8 Å². The molecule has 2 aromatic carbocycles. The second-order valence-electron chi connectivity index (χ2n) is 9.56. The molecule has 3 N–H and O–H groups in total. The molecule has 4 rings (SSSR count). The van der Waals surface area contributed by atoms with E-state index in [9.17, 15) is 19.5 Å². The molecule has 202 valence electrons. The molecule has 1 aromatic heterocycles. The van der Waals surface area contributed by atoms with Crippen LogP contribution in [0.2, 0.25) is 0 Å². The number of amides is 2. The van der Waals surface area contributed by atoms with Gasteiger partial charge in [-0.05, 0) is 43.5 Å². The fourth-order valence-electron chi connectivity index (χ4n) is 4.18. The molecule has 0 bridgehead atoms. The SMILES string of the molecule is CCOc1cc(C(CC(=O)NOC(=O)C(C)C)n2cc3cccc(NC(=O)C4CC4)c3c2O)ccc1OC. The smallest absolute Gasteiger partial charge is 0.334 e. The second kappa shape index (κ2) is 11.5. The molecule has 0 aliphatic heterocycles. The maximum absolute atomic E-state index is 12.9. The van der Waals surface area contributed by atoms with Crippen LogP contribution in [0.4, 0.5) is 5.69 Å². The summed E-state index contributed by atoms with van der Waals surface area (Å²) < 4.78 is 12.7. The summed E-state index contributed by atoms with van der Waals surface area (Å²) in [4.78, 5) is 42.1. The van der Waals surface area contributed by atoms with Crippen molar-refractivity contribution in [3.8, 4) is 17.4 Å². The summed E-state index contributed by atoms with van der Waals surface area (Å²) in [7, 11) is 1.54. The number of anilines is 1. The first-order valence-corrected chi connectivity index (χ1v) is 12.7. The molecule has 0 spiro atoms. The van der Waals surface area contributed by atoms with E-state index in [0.717, 1.165) is 12.8 Å². The van der Waals surface area contributed by atoms with E-state index >= 15 is 0 Å². The summed E-state index contributed by atoms with van der Waals surface area (Å²) in [5.74, 6) is -0.725. The zero-order valence-corrected chi connectivity index (χ0v) is 21.9. The first kappa shape index (κ1) is 26.8. The molecule has 1 saturated carbocycles. The number of hydrogen-bond acceptors (Lipinski definition) is 7. The van der Waals surface area contributed by atoms with Crippen LogP contribution in [0.3, 0.4) is 0 Å². The summed E-state index contributed by atoms with van der Waals surface area (Å²) in [6, 6.07) is 9.89. The van der Waals surface area contributed by atoms with Crippen molar-refractivity contribution in [3.05, 3.63) is 48.2 Å². The quantitative estimate of drug-likeness (QED) is 0.338. The van der Waals surface area contributed by atoms with E-state index in [-0.39, 0.29) is 24.1 Å². The van der Waals surface area contributed by atoms with Gasteiger partial charge in [-0.1, -0.05) is 32.0 Å². The van der Waals surface area contributed by atoms with Crippen molar-refractivity contribution in [1.82, 2.24) is 10.0 Å². The number of carbonyl (C=O) groups is 3. The molecule has 1 fully saturated rings. The van der Waals surface area contributed by atoms with Crippen molar-refractivity contribution in [1.29, 1.82) is 0 Å². The highest BCUT2D eigenvalue weighted by Gasteiger charge is 2.31. The summed E-state index contributed by atoms with van der Waals surface area (Å²) >= 11 is 0. The predicted octanol–water partition coefficient (Wildman–Crippen LogP) is 4.31. The lowest BCUT2D eigenvalue weighted by molar-refractivity contribution is -0.161. The molecule has 1 heterocycles. The number of ether oxygens (including phenoxy) is 2. The van der Waals surface area contributed by atoms with Gasteiger partial charge in [-0.15, -0.1) is 0 Å². The number of methoxy groups -OCH3 is 1. The number of carbonyl (C=O) groups excluding carboxylic acids is 3. The molecule has 1 unspecified atom stereocenters. The fraction of sp³-hybridized carbons (Fsp3) is 0.393. The fourth-order valence-corrected chi connectivity index (χ4v) is 4.18. The van der Waals surface area contributed by atoms with Crippen LogP contribution in [-0.4, -0.2) is 41.2 Å². The van der Waals surface area contributed by atoms with Crippen LogP contribution in [-0.2, 0) is 19.2 Å². The van der Waals surface area contributed by atoms with E-state index < -0.39 is 23.8 Å². The number of aromatic nitrogens is 1. The molecule has 38 heavy (non-hydrogen) atoms. The highest BCUT2D eigenvalue weighted by atomic mass is 16.7. The van der Waals surface area contributed by atoms with Gasteiger partial charge in [0, 0.05) is 17.5 Å². The van der Waals surface area contributed by atoms with Gasteiger partial charge in [-0.2, -0.15) is 5.48 Å². The van der Waals surface area contributed by atoms with Gasteiger partial charge in [-0.3, -0.25) is 9.59 Å². The Balaban J connectivity index is 1.74. The Kier molecular flexibility index (Phi) is 8.09. The molecular weight excluding hydrogens is 490 g/mol. The minimum atomic E-state index is -0.711. The molecule has 2 amide bonds. The largest absolute Gasteiger partial charge is 0.494 e. The number of hydroxylamine groups is 1. The molecule has 1 aliphatic carbocycles. The van der Waals surface area contributed by atoms with E-state index in [1.165, 1.54) is 7.11 Å². The Bertz CT molecular complexity index is 1340. The Labute approximate surface area is 220 Å². The van der Waals surface area contributed by atoms with Gasteiger partial charge in [0.15, 0.2) is 11.5 Å². The molecule has 3 aromatic rings. The maximum Gasteiger partial charge on any atom is 0.334 e. The van der Waals surface area contributed by atoms with Gasteiger partial charge >= 0.3 is 5.97 Å². The lowest BCUT2D eigenvalue weighted by Crippen LogP contribution is -2.31. The topological polar surface area (TPSA) is 128 Å². The molecule has 0 saturated heterocycles. The van der Waals surface area contributed by atoms with Crippen molar-refractivity contribution in [3.63, 3.8) is 0 Å². The van der Waals surface area contributed by atoms with E-state index in [2.05, 4.69) is 10.8 Å². The molecule has 10 heteroatoms. The van der Waals surface area contributed by atoms with Gasteiger partial charge < -0.3 is 29.3 Å². The normalized spacial score (nSPS) is 13.7. The first-order chi connectivity index (χ1) is 18.2. The molecule has 1 atom stereocenters. The van der Waals surface area contributed by atoms with Crippen molar-refractivity contribution in [2.45, 2.75) is 46.1 Å². The maximum atomic E-state index is 12.9. The lowest BCUT2D eigenvalue weighted by Gasteiger charge is -2.22. The van der Waals surface area contributed by atoms with E-state index in [1.807, 2.05) is 13.0 Å². The van der Waals surface area contributed by atoms with Crippen molar-refractivity contribution in [2.24, 2.45) is 11.8 Å². The van der Waals surface area contributed by atoms with Crippen LogP contribution in [0, 0.1) is 11.8 Å². The van der Waals surface area contributed by atoms with Gasteiger partial charge in [0.25, 0.3) is 5.91 Å².